The van der Waals surface area contributed by atoms with Crippen LogP contribution in [0.1, 0.15) is 22.8 Å². The predicted octanol–water partition coefficient (Wildman–Crippen LogP) is 1.17. The van der Waals surface area contributed by atoms with Gasteiger partial charge in [-0.3, -0.25) is 4.79 Å². The van der Waals surface area contributed by atoms with Gasteiger partial charge in [0.2, 0.25) is 0 Å². The summed E-state index contributed by atoms with van der Waals surface area (Å²) in [6.45, 7) is 4.82. The molecule has 94 valence electrons. The molecule has 0 radical (unpaired) electrons. The second-order valence-electron chi connectivity index (χ2n) is 3.70. The second kappa shape index (κ2) is 7.81. The Labute approximate surface area is 102 Å². The molecule has 0 heterocycles. The Morgan fingerprint density at radius 2 is 2.06 bits per heavy atom. The summed E-state index contributed by atoms with van der Waals surface area (Å²) < 4.78 is 5.07. The van der Waals surface area contributed by atoms with Crippen LogP contribution in [0.2, 0.25) is 0 Å². The smallest absolute Gasteiger partial charge is 0.251 e. The van der Waals surface area contributed by atoms with Crippen LogP contribution in [-0.4, -0.2) is 32.7 Å². The minimum atomic E-state index is -0.0458. The monoisotopic (exact) mass is 236 g/mol. The van der Waals surface area contributed by atoms with Gasteiger partial charge in [0.15, 0.2) is 0 Å². The first-order valence-electron chi connectivity index (χ1n) is 5.85. The van der Waals surface area contributed by atoms with Crippen molar-refractivity contribution in [2.24, 2.45) is 0 Å². The van der Waals surface area contributed by atoms with E-state index in [9.17, 15) is 4.79 Å². The van der Waals surface area contributed by atoms with E-state index in [0.29, 0.717) is 18.7 Å². The standard InChI is InChI=1S/C13H20N2O2/c1-3-14-8-9-15-13(16)12-7-5-4-6-11(12)10-17-2/h4-7,14H,3,8-10H2,1-2H3,(H,15,16). The van der Waals surface area contributed by atoms with Crippen molar-refractivity contribution in [3.05, 3.63) is 35.4 Å². The summed E-state index contributed by atoms with van der Waals surface area (Å²) in [6, 6.07) is 7.49. The Morgan fingerprint density at radius 1 is 1.29 bits per heavy atom. The molecule has 0 atom stereocenters. The molecular formula is C13H20N2O2. The third-order valence-corrected chi connectivity index (χ3v) is 2.40. The van der Waals surface area contributed by atoms with Gasteiger partial charge in [0, 0.05) is 25.8 Å². The van der Waals surface area contributed by atoms with Crippen LogP contribution in [0.15, 0.2) is 24.3 Å². The maximum atomic E-state index is 11.9. The van der Waals surface area contributed by atoms with E-state index in [1.807, 2.05) is 31.2 Å². The van der Waals surface area contributed by atoms with Crippen molar-refractivity contribution >= 4 is 5.91 Å². The summed E-state index contributed by atoms with van der Waals surface area (Å²) in [5.41, 5.74) is 1.60. The summed E-state index contributed by atoms with van der Waals surface area (Å²) in [5.74, 6) is -0.0458. The van der Waals surface area contributed by atoms with E-state index in [2.05, 4.69) is 10.6 Å². The summed E-state index contributed by atoms with van der Waals surface area (Å²) in [4.78, 5) is 11.9. The first-order chi connectivity index (χ1) is 8.29. The SMILES string of the molecule is CCNCCNC(=O)c1ccccc1COC. The Bertz CT molecular complexity index is 353. The van der Waals surface area contributed by atoms with Gasteiger partial charge in [0.05, 0.1) is 6.61 Å². The van der Waals surface area contributed by atoms with E-state index in [-0.39, 0.29) is 5.91 Å². The van der Waals surface area contributed by atoms with Crippen LogP contribution in [0.25, 0.3) is 0 Å². The van der Waals surface area contributed by atoms with E-state index < -0.39 is 0 Å². The second-order valence-corrected chi connectivity index (χ2v) is 3.70. The highest BCUT2D eigenvalue weighted by Gasteiger charge is 2.09. The number of ether oxygens (including phenoxy) is 1. The number of rotatable bonds is 7. The van der Waals surface area contributed by atoms with Gasteiger partial charge in [0.1, 0.15) is 0 Å². The average Bonchev–Trinajstić information content (AvgIpc) is 2.35. The summed E-state index contributed by atoms with van der Waals surface area (Å²) >= 11 is 0. The fourth-order valence-corrected chi connectivity index (χ4v) is 1.56. The first kappa shape index (κ1) is 13.7. The summed E-state index contributed by atoms with van der Waals surface area (Å²) in [6.07, 6.45) is 0. The van der Waals surface area contributed by atoms with Crippen LogP contribution in [0.5, 0.6) is 0 Å². The molecule has 1 aromatic rings. The van der Waals surface area contributed by atoms with Crippen LogP contribution in [0, 0.1) is 0 Å². The molecular weight excluding hydrogens is 216 g/mol. The summed E-state index contributed by atoms with van der Waals surface area (Å²) in [7, 11) is 1.62. The molecule has 0 spiro atoms. The lowest BCUT2D eigenvalue weighted by Gasteiger charge is -2.09. The largest absolute Gasteiger partial charge is 0.380 e. The van der Waals surface area contributed by atoms with Gasteiger partial charge in [-0.2, -0.15) is 0 Å². The lowest BCUT2D eigenvalue weighted by molar-refractivity contribution is 0.0949. The Hall–Kier alpha value is -1.39. The molecule has 0 saturated heterocycles. The Morgan fingerprint density at radius 3 is 2.76 bits per heavy atom. The van der Waals surface area contributed by atoms with E-state index in [0.717, 1.165) is 18.7 Å². The topological polar surface area (TPSA) is 50.4 Å². The number of hydrogen-bond acceptors (Lipinski definition) is 3. The number of methoxy groups -OCH3 is 1. The van der Waals surface area contributed by atoms with Gasteiger partial charge < -0.3 is 15.4 Å². The van der Waals surface area contributed by atoms with Gasteiger partial charge in [0.25, 0.3) is 5.91 Å². The number of carbonyl (C=O) groups is 1. The molecule has 0 aliphatic carbocycles. The molecule has 0 unspecified atom stereocenters. The zero-order valence-corrected chi connectivity index (χ0v) is 10.5. The average molecular weight is 236 g/mol. The highest BCUT2D eigenvalue weighted by molar-refractivity contribution is 5.95. The number of likely N-dealkylation sites (N-methyl/N-ethyl adjacent to an activating group) is 1. The number of benzene rings is 1. The third-order valence-electron chi connectivity index (χ3n) is 2.40. The molecule has 0 aliphatic rings. The van der Waals surface area contributed by atoms with Crippen LogP contribution in [0.4, 0.5) is 0 Å². The zero-order chi connectivity index (χ0) is 12.5. The molecule has 0 aromatic heterocycles. The summed E-state index contributed by atoms with van der Waals surface area (Å²) in [5, 5.41) is 6.03. The highest BCUT2D eigenvalue weighted by atomic mass is 16.5. The van der Waals surface area contributed by atoms with Crippen LogP contribution >= 0.6 is 0 Å². The van der Waals surface area contributed by atoms with Crippen molar-refractivity contribution in [1.29, 1.82) is 0 Å². The number of nitrogens with one attached hydrogen (secondary N) is 2. The van der Waals surface area contributed by atoms with Crippen LogP contribution in [0.3, 0.4) is 0 Å². The van der Waals surface area contributed by atoms with Crippen molar-refractivity contribution in [3.8, 4) is 0 Å². The minimum absolute atomic E-state index is 0.0458. The first-order valence-corrected chi connectivity index (χ1v) is 5.85. The molecule has 0 bridgehead atoms. The molecule has 2 N–H and O–H groups in total. The number of amides is 1. The van der Waals surface area contributed by atoms with E-state index in [4.69, 9.17) is 4.74 Å². The fraction of sp³-hybridized carbons (Fsp3) is 0.462. The van der Waals surface area contributed by atoms with Crippen molar-refractivity contribution in [1.82, 2.24) is 10.6 Å². The molecule has 1 amide bonds. The van der Waals surface area contributed by atoms with Crippen molar-refractivity contribution < 1.29 is 9.53 Å². The maximum absolute atomic E-state index is 11.9. The molecule has 1 aromatic carbocycles. The van der Waals surface area contributed by atoms with Crippen molar-refractivity contribution in [2.75, 3.05) is 26.7 Å². The molecule has 4 heteroatoms. The van der Waals surface area contributed by atoms with Crippen LogP contribution in [-0.2, 0) is 11.3 Å². The lowest BCUT2D eigenvalue weighted by atomic mass is 10.1. The molecule has 0 fully saturated rings. The van der Waals surface area contributed by atoms with Gasteiger partial charge >= 0.3 is 0 Å². The van der Waals surface area contributed by atoms with Gasteiger partial charge in [-0.25, -0.2) is 0 Å². The molecule has 0 aliphatic heterocycles. The minimum Gasteiger partial charge on any atom is -0.380 e. The van der Waals surface area contributed by atoms with E-state index in [1.165, 1.54) is 0 Å². The molecule has 0 saturated carbocycles. The lowest BCUT2D eigenvalue weighted by Crippen LogP contribution is -2.32. The van der Waals surface area contributed by atoms with Gasteiger partial charge in [-0.15, -0.1) is 0 Å². The van der Waals surface area contributed by atoms with Crippen molar-refractivity contribution in [2.45, 2.75) is 13.5 Å². The Kier molecular flexibility index (Phi) is 6.29. The Balaban J connectivity index is 2.55. The van der Waals surface area contributed by atoms with E-state index in [1.54, 1.807) is 7.11 Å². The van der Waals surface area contributed by atoms with Crippen LogP contribution < -0.4 is 10.6 Å². The van der Waals surface area contributed by atoms with Crippen molar-refractivity contribution in [3.63, 3.8) is 0 Å². The van der Waals surface area contributed by atoms with Gasteiger partial charge in [-0.1, -0.05) is 25.1 Å². The predicted molar refractivity (Wildman–Crippen MR) is 68.0 cm³/mol. The zero-order valence-electron chi connectivity index (χ0n) is 10.5. The third kappa shape index (κ3) is 4.54. The van der Waals surface area contributed by atoms with E-state index >= 15 is 0 Å². The van der Waals surface area contributed by atoms with Gasteiger partial charge in [-0.05, 0) is 18.2 Å². The number of hydrogen-bond donors (Lipinski definition) is 2. The molecule has 4 nitrogen and oxygen atoms in total. The maximum Gasteiger partial charge on any atom is 0.251 e. The fourth-order valence-electron chi connectivity index (χ4n) is 1.56. The quantitative estimate of drug-likeness (QED) is 0.699. The molecule has 1 rings (SSSR count). The highest BCUT2D eigenvalue weighted by Crippen LogP contribution is 2.09. The number of carbonyl (C=O) groups excluding carboxylic acids is 1. The molecule has 17 heavy (non-hydrogen) atoms. The normalized spacial score (nSPS) is 10.2.